The molecule has 1 heterocycles. The Labute approximate surface area is 127 Å². The minimum Gasteiger partial charge on any atom is -0.360 e. The molecule has 0 aromatic rings. The van der Waals surface area contributed by atoms with Crippen molar-refractivity contribution in [2.24, 2.45) is 5.92 Å². The minimum atomic E-state index is 0. The number of hydrogen-bond acceptors (Lipinski definition) is 2. The van der Waals surface area contributed by atoms with Gasteiger partial charge in [-0.2, -0.15) is 0 Å². The van der Waals surface area contributed by atoms with Gasteiger partial charge in [0.1, 0.15) is 0 Å². The van der Waals surface area contributed by atoms with Crippen LogP contribution in [0.4, 0.5) is 0 Å². The topological polar surface area (TPSA) is 6.48 Å². The largest absolute Gasteiger partial charge is 0.360 e. The fourth-order valence-electron chi connectivity index (χ4n) is 2.57. The molecule has 1 aliphatic heterocycles. The molecule has 1 unspecified atom stereocenters. The van der Waals surface area contributed by atoms with Crippen LogP contribution in [0, 0.1) is 19.8 Å². The first-order valence-electron chi connectivity index (χ1n) is 6.27. The van der Waals surface area contributed by atoms with Crippen LogP contribution in [0.5, 0.6) is 0 Å². The monoisotopic (exact) mass is 299 g/mol. The van der Waals surface area contributed by atoms with Gasteiger partial charge in [-0.15, -0.1) is 13.1 Å². The summed E-state index contributed by atoms with van der Waals surface area (Å²) >= 11 is 0. The van der Waals surface area contributed by atoms with Crippen LogP contribution in [0.1, 0.15) is 26.7 Å². The van der Waals surface area contributed by atoms with Crippen LogP contribution in [0.3, 0.4) is 0 Å². The van der Waals surface area contributed by atoms with Crippen LogP contribution in [-0.4, -0.2) is 48.6 Å². The van der Waals surface area contributed by atoms with E-state index in [9.17, 15) is 0 Å². The number of rotatable bonds is 5. The zero-order valence-electron chi connectivity index (χ0n) is 11.0. The van der Waals surface area contributed by atoms with Crippen LogP contribution >= 0.6 is 0 Å². The van der Waals surface area contributed by atoms with Gasteiger partial charge >= 0.3 is 0 Å². The predicted octanol–water partition coefficient (Wildman–Crippen LogP) is 2.07. The Hall–Kier alpha value is 1.02. The smallest absolute Gasteiger partial charge is 0.00423 e. The minimum absolute atomic E-state index is 0. The molecule has 3 heteroatoms. The van der Waals surface area contributed by atoms with Crippen LogP contribution in [-0.2, 0) is 32.7 Å². The summed E-state index contributed by atoms with van der Waals surface area (Å²) in [7, 11) is 0. The summed E-state index contributed by atoms with van der Waals surface area (Å²) in [6, 6.07) is 0.652. The molecule has 0 aliphatic carbocycles. The number of hydrogen-bond donors (Lipinski definition) is 0. The zero-order valence-corrected chi connectivity index (χ0v) is 13.8. The Morgan fingerprint density at radius 1 is 1.25 bits per heavy atom. The van der Waals surface area contributed by atoms with Gasteiger partial charge < -0.3 is 23.6 Å². The molecule has 1 radical (unpaired) electrons. The van der Waals surface area contributed by atoms with Gasteiger partial charge in [-0.1, -0.05) is 6.92 Å². The fourth-order valence-corrected chi connectivity index (χ4v) is 2.57. The number of nitrogens with zero attached hydrogens (tertiary/aromatic N) is 2. The predicted molar refractivity (Wildman–Crippen MR) is 66.6 cm³/mol. The average molecular weight is 299 g/mol. The first-order valence-corrected chi connectivity index (χ1v) is 6.27. The van der Waals surface area contributed by atoms with Crippen molar-refractivity contribution in [2.75, 3.05) is 32.7 Å². The molecule has 0 saturated carbocycles. The van der Waals surface area contributed by atoms with Crippen LogP contribution < -0.4 is 0 Å². The van der Waals surface area contributed by atoms with E-state index in [2.05, 4.69) is 37.5 Å². The quantitative estimate of drug-likeness (QED) is 0.717. The maximum atomic E-state index is 3.98. The standard InChI is InChI=1S/C13H26N2.Y/c1-5-14-10-8-13(9-11-14)12(4)15(6-2)7-3;/h12-13H,2-3,5-11H2,1,4H3;/q-2;. The van der Waals surface area contributed by atoms with E-state index in [1.54, 1.807) is 0 Å². The van der Waals surface area contributed by atoms with Gasteiger partial charge in [0.2, 0.25) is 0 Å². The van der Waals surface area contributed by atoms with Gasteiger partial charge in [-0.3, -0.25) is 0 Å². The molecule has 1 rings (SSSR count). The molecular weight excluding hydrogens is 273 g/mol. The third-order valence-corrected chi connectivity index (χ3v) is 3.91. The van der Waals surface area contributed by atoms with Crippen molar-refractivity contribution in [3.63, 3.8) is 0 Å². The van der Waals surface area contributed by atoms with Gasteiger partial charge in [-0.05, 0) is 45.3 Å². The molecule has 1 saturated heterocycles. The van der Waals surface area contributed by atoms with Gasteiger partial charge in [0.25, 0.3) is 0 Å². The van der Waals surface area contributed by atoms with E-state index < -0.39 is 0 Å². The van der Waals surface area contributed by atoms with E-state index >= 15 is 0 Å². The summed E-state index contributed by atoms with van der Waals surface area (Å²) in [6.07, 6.45) is 2.68. The van der Waals surface area contributed by atoms with E-state index in [-0.39, 0.29) is 32.7 Å². The van der Waals surface area contributed by atoms with E-state index in [1.807, 2.05) is 0 Å². The Balaban J connectivity index is 0.00000225. The fraction of sp³-hybridized carbons (Fsp3) is 0.846. The third-order valence-electron chi connectivity index (χ3n) is 3.91. The number of piperidine rings is 1. The average Bonchev–Trinajstić information content (AvgIpc) is 2.30. The Morgan fingerprint density at radius 2 is 1.75 bits per heavy atom. The Kier molecular flexibility index (Phi) is 9.60. The molecule has 0 bridgehead atoms. The second-order valence-electron chi connectivity index (χ2n) is 4.55. The molecule has 0 spiro atoms. The maximum absolute atomic E-state index is 3.98. The molecule has 1 aliphatic rings. The van der Waals surface area contributed by atoms with Gasteiger partial charge in [0.15, 0.2) is 0 Å². The third kappa shape index (κ3) is 4.72. The first-order chi connectivity index (χ1) is 7.22. The molecule has 0 amide bonds. The molecule has 1 atom stereocenters. The van der Waals surface area contributed by atoms with Crippen LogP contribution in [0.25, 0.3) is 0 Å². The summed E-state index contributed by atoms with van der Waals surface area (Å²) < 4.78 is 0. The zero-order chi connectivity index (χ0) is 11.3. The SMILES string of the molecule is [CH2-]CN(C[CH2-])C(C)C1CCN(CC)CC1.[Y]. The molecule has 2 nitrogen and oxygen atoms in total. The maximum Gasteiger partial charge on any atom is 0.00423 e. The molecular formula is C13H26N2Y-2. The molecule has 0 N–H and O–H groups in total. The number of likely N-dealkylation sites (tertiary alicyclic amines) is 1. The van der Waals surface area contributed by atoms with Crippen molar-refractivity contribution in [1.29, 1.82) is 0 Å². The van der Waals surface area contributed by atoms with Crippen molar-refractivity contribution in [3.05, 3.63) is 13.8 Å². The van der Waals surface area contributed by atoms with E-state index in [1.165, 1.54) is 32.5 Å². The normalized spacial score (nSPS) is 20.8. The van der Waals surface area contributed by atoms with Crippen molar-refractivity contribution in [1.82, 2.24) is 9.80 Å². The Morgan fingerprint density at radius 3 is 2.12 bits per heavy atom. The Bertz CT molecular complexity index is 163. The molecule has 16 heavy (non-hydrogen) atoms. The molecule has 0 aromatic heterocycles. The molecule has 0 aromatic carbocycles. The van der Waals surface area contributed by atoms with E-state index in [0.29, 0.717) is 6.04 Å². The second kappa shape index (κ2) is 9.02. The summed E-state index contributed by atoms with van der Waals surface area (Å²) in [5.41, 5.74) is 0. The van der Waals surface area contributed by atoms with Crippen LogP contribution in [0.2, 0.25) is 0 Å². The summed E-state index contributed by atoms with van der Waals surface area (Å²) in [4.78, 5) is 4.92. The van der Waals surface area contributed by atoms with Crippen molar-refractivity contribution < 1.29 is 32.7 Å². The van der Waals surface area contributed by atoms with Crippen molar-refractivity contribution >= 4 is 0 Å². The summed E-state index contributed by atoms with van der Waals surface area (Å²) in [6.45, 7) is 18.1. The van der Waals surface area contributed by atoms with Gasteiger partial charge in [0, 0.05) is 38.8 Å². The van der Waals surface area contributed by atoms with E-state index in [4.69, 9.17) is 0 Å². The van der Waals surface area contributed by atoms with E-state index in [0.717, 1.165) is 19.0 Å². The molecule has 93 valence electrons. The first kappa shape index (κ1) is 17.0. The molecule has 1 fully saturated rings. The van der Waals surface area contributed by atoms with Gasteiger partial charge in [0.05, 0.1) is 0 Å². The van der Waals surface area contributed by atoms with Crippen molar-refractivity contribution in [3.8, 4) is 0 Å². The van der Waals surface area contributed by atoms with Crippen molar-refractivity contribution in [2.45, 2.75) is 32.7 Å². The van der Waals surface area contributed by atoms with Gasteiger partial charge in [-0.25, -0.2) is 0 Å². The second-order valence-corrected chi connectivity index (χ2v) is 4.55. The van der Waals surface area contributed by atoms with Crippen LogP contribution in [0.15, 0.2) is 0 Å². The summed E-state index contributed by atoms with van der Waals surface area (Å²) in [5.74, 6) is 0.844. The summed E-state index contributed by atoms with van der Waals surface area (Å²) in [5, 5.41) is 0.